The number of carbonyl (C=O) groups is 2. The number of esters is 2. The van der Waals surface area contributed by atoms with Crippen LogP contribution < -0.4 is 0 Å². The van der Waals surface area contributed by atoms with Crippen LogP contribution in [0.15, 0.2) is 60.8 Å². The van der Waals surface area contributed by atoms with E-state index in [1.165, 1.54) is 173 Å². The maximum Gasteiger partial charge on any atom is 0.306 e. The third-order valence-corrected chi connectivity index (χ3v) is 12.0. The van der Waals surface area contributed by atoms with Crippen molar-refractivity contribution in [1.29, 1.82) is 0 Å². The number of hydrogen-bond donors (Lipinski definition) is 0. The van der Waals surface area contributed by atoms with Gasteiger partial charge in [0.2, 0.25) is 0 Å². The smallest absolute Gasteiger partial charge is 0.306 e. The van der Waals surface area contributed by atoms with E-state index in [9.17, 15) is 9.59 Å². The minimum absolute atomic E-state index is 0.0696. The highest BCUT2D eigenvalue weighted by atomic mass is 16.6. The Morgan fingerprint density at radius 3 is 1.17 bits per heavy atom. The van der Waals surface area contributed by atoms with Crippen molar-refractivity contribution in [3.63, 3.8) is 0 Å². The van der Waals surface area contributed by atoms with Gasteiger partial charge in [-0.05, 0) is 83.5 Å². The summed E-state index contributed by atoms with van der Waals surface area (Å²) in [5.41, 5.74) is 0. The third-order valence-electron chi connectivity index (χ3n) is 12.0. The second-order valence-electron chi connectivity index (χ2n) is 18.5. The Labute approximate surface area is 398 Å². The Balaban J connectivity index is 4.28. The minimum Gasteiger partial charge on any atom is -0.462 e. The highest BCUT2D eigenvalue weighted by Crippen LogP contribution is 2.15. The zero-order valence-electron chi connectivity index (χ0n) is 42.8. The van der Waals surface area contributed by atoms with Crippen LogP contribution in [0.1, 0.15) is 278 Å². The quantitative estimate of drug-likeness (QED) is 0.0346. The molecule has 0 rings (SSSR count). The van der Waals surface area contributed by atoms with Gasteiger partial charge in [0.25, 0.3) is 0 Å². The maximum atomic E-state index is 12.8. The van der Waals surface area contributed by atoms with Crippen molar-refractivity contribution in [2.75, 3.05) is 19.8 Å². The van der Waals surface area contributed by atoms with Crippen molar-refractivity contribution in [1.82, 2.24) is 0 Å². The summed E-state index contributed by atoms with van der Waals surface area (Å²) in [4.78, 5) is 25.5. The molecule has 0 amide bonds. The molecule has 1 atom stereocenters. The molecular formula is C59H106O5. The number of rotatable bonds is 51. The molecule has 64 heavy (non-hydrogen) atoms. The largest absolute Gasteiger partial charge is 0.462 e. The summed E-state index contributed by atoms with van der Waals surface area (Å²) in [5.74, 6) is -0.436. The monoisotopic (exact) mass is 895 g/mol. The molecule has 0 aromatic carbocycles. The average Bonchev–Trinajstić information content (AvgIpc) is 3.30. The van der Waals surface area contributed by atoms with E-state index in [1.807, 2.05) is 0 Å². The first-order valence-corrected chi connectivity index (χ1v) is 27.8. The molecule has 0 radical (unpaired) electrons. The summed E-state index contributed by atoms with van der Waals surface area (Å²) in [6.07, 6.45) is 69.5. The van der Waals surface area contributed by atoms with E-state index in [-0.39, 0.29) is 25.2 Å². The average molecular weight is 895 g/mol. The summed E-state index contributed by atoms with van der Waals surface area (Å²) in [6.45, 7) is 7.70. The van der Waals surface area contributed by atoms with E-state index < -0.39 is 6.10 Å². The Morgan fingerprint density at radius 1 is 0.359 bits per heavy atom. The first-order chi connectivity index (χ1) is 31.6. The SMILES string of the molecule is CC/C=C\C/C=C\C/C=C\C/C=C\CCCCC(=O)OC(COCCCCCCCCCCCCCCCC)COC(=O)CCCCCCCCCCC/C=C\CCCCCCCC. The summed E-state index contributed by atoms with van der Waals surface area (Å²) < 4.78 is 17.4. The van der Waals surface area contributed by atoms with Crippen LogP contribution >= 0.6 is 0 Å². The predicted molar refractivity (Wildman–Crippen MR) is 279 cm³/mol. The molecule has 5 nitrogen and oxygen atoms in total. The lowest BCUT2D eigenvalue weighted by Crippen LogP contribution is -2.30. The Kier molecular flexibility index (Phi) is 52.9. The van der Waals surface area contributed by atoms with Gasteiger partial charge in [0.05, 0.1) is 6.61 Å². The van der Waals surface area contributed by atoms with Gasteiger partial charge < -0.3 is 14.2 Å². The van der Waals surface area contributed by atoms with Gasteiger partial charge in [-0.1, -0.05) is 242 Å². The molecule has 0 aliphatic rings. The molecule has 0 N–H and O–H groups in total. The van der Waals surface area contributed by atoms with Crippen molar-refractivity contribution in [3.05, 3.63) is 60.8 Å². The molecule has 0 aromatic heterocycles. The lowest BCUT2D eigenvalue weighted by Gasteiger charge is -2.18. The van der Waals surface area contributed by atoms with Crippen LogP contribution in [0, 0.1) is 0 Å². The summed E-state index contributed by atoms with van der Waals surface area (Å²) in [5, 5.41) is 0. The van der Waals surface area contributed by atoms with Crippen molar-refractivity contribution >= 4 is 11.9 Å². The van der Waals surface area contributed by atoms with Crippen LogP contribution in [-0.2, 0) is 23.8 Å². The first-order valence-electron chi connectivity index (χ1n) is 27.8. The van der Waals surface area contributed by atoms with Crippen LogP contribution in [0.2, 0.25) is 0 Å². The molecule has 0 spiro atoms. The van der Waals surface area contributed by atoms with Crippen LogP contribution in [-0.4, -0.2) is 37.9 Å². The number of unbranched alkanes of at least 4 members (excludes halogenated alkanes) is 30. The van der Waals surface area contributed by atoms with Crippen LogP contribution in [0.3, 0.4) is 0 Å². The molecule has 372 valence electrons. The standard InChI is InChI=1S/C59H106O5/c1-4-7-10-13-16-19-22-25-28-29-30-31-33-34-37-40-43-46-49-52-58(60)63-56-57(55-62-54-51-48-45-42-39-36-27-24-21-18-15-12-9-6-3)64-59(61)53-50-47-44-41-38-35-32-26-23-20-17-14-11-8-5-2/h8,11,17,20,25-26,28,32,38,41,57H,4-7,9-10,12-16,18-19,21-24,27,29-31,33-37,39-40,42-56H2,1-3H3/b11-8-,20-17-,28-25-,32-26-,41-38-. The molecular weight excluding hydrogens is 789 g/mol. The van der Waals surface area contributed by atoms with Gasteiger partial charge in [0.15, 0.2) is 6.10 Å². The van der Waals surface area contributed by atoms with E-state index >= 15 is 0 Å². The number of hydrogen-bond acceptors (Lipinski definition) is 5. The van der Waals surface area contributed by atoms with Gasteiger partial charge >= 0.3 is 11.9 Å². The Morgan fingerprint density at radius 2 is 0.703 bits per heavy atom. The van der Waals surface area contributed by atoms with Gasteiger partial charge in [0, 0.05) is 19.4 Å². The lowest BCUT2D eigenvalue weighted by molar-refractivity contribution is -0.163. The molecule has 0 bridgehead atoms. The van der Waals surface area contributed by atoms with Gasteiger partial charge in [-0.15, -0.1) is 0 Å². The molecule has 5 heteroatoms. The van der Waals surface area contributed by atoms with Crippen LogP contribution in [0.5, 0.6) is 0 Å². The van der Waals surface area contributed by atoms with E-state index in [2.05, 4.69) is 81.5 Å². The van der Waals surface area contributed by atoms with Crippen molar-refractivity contribution in [2.45, 2.75) is 284 Å². The molecule has 0 heterocycles. The Hall–Kier alpha value is -2.40. The molecule has 1 unspecified atom stereocenters. The molecule has 0 aliphatic heterocycles. The summed E-state index contributed by atoms with van der Waals surface area (Å²) in [6, 6.07) is 0. The first kappa shape index (κ1) is 61.6. The van der Waals surface area contributed by atoms with Gasteiger partial charge in [-0.2, -0.15) is 0 Å². The topological polar surface area (TPSA) is 61.8 Å². The molecule has 0 saturated carbocycles. The second kappa shape index (κ2) is 54.9. The van der Waals surface area contributed by atoms with E-state index in [4.69, 9.17) is 14.2 Å². The number of allylic oxidation sites excluding steroid dienone is 10. The predicted octanol–water partition coefficient (Wildman–Crippen LogP) is 18.9. The van der Waals surface area contributed by atoms with E-state index in [0.29, 0.717) is 19.4 Å². The highest BCUT2D eigenvalue weighted by Gasteiger charge is 2.17. The highest BCUT2D eigenvalue weighted by molar-refractivity contribution is 5.70. The van der Waals surface area contributed by atoms with E-state index in [1.54, 1.807) is 0 Å². The Bertz CT molecular complexity index is 1100. The fraction of sp³-hybridized carbons (Fsp3) is 0.797. The van der Waals surface area contributed by atoms with Crippen molar-refractivity contribution in [3.8, 4) is 0 Å². The molecule has 0 aliphatic carbocycles. The van der Waals surface area contributed by atoms with Crippen LogP contribution in [0.4, 0.5) is 0 Å². The van der Waals surface area contributed by atoms with Gasteiger partial charge in [-0.25, -0.2) is 0 Å². The fourth-order valence-corrected chi connectivity index (χ4v) is 7.91. The molecule has 0 fully saturated rings. The summed E-state index contributed by atoms with van der Waals surface area (Å²) >= 11 is 0. The van der Waals surface area contributed by atoms with Crippen molar-refractivity contribution in [2.24, 2.45) is 0 Å². The normalized spacial score (nSPS) is 12.6. The van der Waals surface area contributed by atoms with Gasteiger partial charge in [-0.3, -0.25) is 9.59 Å². The lowest BCUT2D eigenvalue weighted by atomic mass is 10.0. The number of ether oxygens (including phenoxy) is 3. The zero-order chi connectivity index (χ0) is 46.3. The van der Waals surface area contributed by atoms with Crippen molar-refractivity contribution < 1.29 is 23.8 Å². The molecule has 0 saturated heterocycles. The zero-order valence-corrected chi connectivity index (χ0v) is 42.8. The summed E-state index contributed by atoms with van der Waals surface area (Å²) in [7, 11) is 0. The minimum atomic E-state index is -0.557. The molecule has 0 aromatic rings. The third kappa shape index (κ3) is 52.2. The maximum absolute atomic E-state index is 12.8. The fourth-order valence-electron chi connectivity index (χ4n) is 7.91. The van der Waals surface area contributed by atoms with Gasteiger partial charge in [0.1, 0.15) is 6.61 Å². The number of carbonyl (C=O) groups excluding carboxylic acids is 2. The van der Waals surface area contributed by atoms with Crippen LogP contribution in [0.25, 0.3) is 0 Å². The second-order valence-corrected chi connectivity index (χ2v) is 18.5. The van der Waals surface area contributed by atoms with E-state index in [0.717, 1.165) is 70.6 Å².